The molecule has 6 heteroatoms. The number of halogens is 1. The van der Waals surface area contributed by atoms with Gasteiger partial charge in [-0.05, 0) is 52.9 Å². The summed E-state index contributed by atoms with van der Waals surface area (Å²) in [4.78, 5) is 0.255. The summed E-state index contributed by atoms with van der Waals surface area (Å²) in [5, 5.41) is 0. The van der Waals surface area contributed by atoms with Crippen molar-refractivity contribution in [2.45, 2.75) is 32.1 Å². The highest BCUT2D eigenvalue weighted by Gasteiger charge is 2.16. The largest absolute Gasteiger partial charge is 0.380 e. The fourth-order valence-electron chi connectivity index (χ4n) is 1.57. The lowest BCUT2D eigenvalue weighted by Gasteiger charge is -2.10. The lowest BCUT2D eigenvalue weighted by Crippen LogP contribution is -2.28. The van der Waals surface area contributed by atoms with E-state index in [1.165, 1.54) is 0 Å². The predicted octanol–water partition coefficient (Wildman–Crippen LogP) is 3.10. The Labute approximate surface area is 130 Å². The van der Waals surface area contributed by atoms with Gasteiger partial charge >= 0.3 is 0 Å². The molecule has 0 unspecified atom stereocenters. The van der Waals surface area contributed by atoms with E-state index in [2.05, 4.69) is 34.5 Å². The van der Waals surface area contributed by atoms with Gasteiger partial charge < -0.3 is 4.74 Å². The van der Waals surface area contributed by atoms with Crippen LogP contribution in [-0.2, 0) is 14.8 Å². The van der Waals surface area contributed by atoms with E-state index in [1.54, 1.807) is 18.2 Å². The number of benzene rings is 1. The van der Waals surface area contributed by atoms with E-state index in [0.29, 0.717) is 23.6 Å². The number of nitrogens with one attached hydrogen (secondary N) is 1. The van der Waals surface area contributed by atoms with Gasteiger partial charge in [-0.1, -0.05) is 19.9 Å². The summed E-state index contributed by atoms with van der Waals surface area (Å²) in [6, 6.07) is 5.16. The highest BCUT2D eigenvalue weighted by Crippen LogP contribution is 2.22. The second kappa shape index (κ2) is 8.12. The number of sulfonamides is 1. The molecule has 114 valence electrons. The van der Waals surface area contributed by atoms with Crippen molar-refractivity contribution >= 4 is 26.0 Å². The second-order valence-electron chi connectivity index (χ2n) is 5.13. The first-order chi connectivity index (χ1) is 9.33. The molecule has 0 atom stereocenters. The first-order valence-electron chi connectivity index (χ1n) is 6.66. The normalized spacial score (nSPS) is 12.1. The van der Waals surface area contributed by atoms with Crippen LogP contribution in [0.2, 0.25) is 0 Å². The number of rotatable bonds is 8. The van der Waals surface area contributed by atoms with Crippen molar-refractivity contribution in [3.8, 4) is 0 Å². The average molecular weight is 364 g/mol. The zero-order valence-corrected chi connectivity index (χ0v) is 14.6. The van der Waals surface area contributed by atoms with Crippen LogP contribution < -0.4 is 4.72 Å². The summed E-state index contributed by atoms with van der Waals surface area (Å²) in [7, 11) is -3.49. The summed E-state index contributed by atoms with van der Waals surface area (Å²) in [5.74, 6) is 0.593. The van der Waals surface area contributed by atoms with Crippen LogP contribution in [0.25, 0.3) is 0 Å². The first-order valence-corrected chi connectivity index (χ1v) is 8.94. The molecule has 0 aliphatic carbocycles. The number of hydrogen-bond acceptors (Lipinski definition) is 3. The van der Waals surface area contributed by atoms with Crippen LogP contribution in [0, 0.1) is 12.8 Å². The Morgan fingerprint density at radius 3 is 2.60 bits per heavy atom. The van der Waals surface area contributed by atoms with Crippen LogP contribution in [0.4, 0.5) is 0 Å². The molecular formula is C14H22BrNO3S. The molecule has 0 bridgehead atoms. The molecule has 1 rings (SSSR count). The molecule has 0 fully saturated rings. The fraction of sp³-hybridized carbons (Fsp3) is 0.571. The lowest BCUT2D eigenvalue weighted by molar-refractivity contribution is 0.128. The first kappa shape index (κ1) is 17.6. The predicted molar refractivity (Wildman–Crippen MR) is 84.3 cm³/mol. The maximum Gasteiger partial charge on any atom is 0.241 e. The summed E-state index contributed by atoms with van der Waals surface area (Å²) >= 11 is 3.28. The molecule has 0 spiro atoms. The third-order valence-corrected chi connectivity index (χ3v) is 5.19. The molecule has 0 amide bonds. The maximum atomic E-state index is 12.1. The van der Waals surface area contributed by atoms with E-state index >= 15 is 0 Å². The Balaban J connectivity index is 2.46. The highest BCUT2D eigenvalue weighted by atomic mass is 79.9. The van der Waals surface area contributed by atoms with E-state index in [4.69, 9.17) is 4.74 Å². The van der Waals surface area contributed by atoms with Crippen molar-refractivity contribution in [1.29, 1.82) is 0 Å². The molecule has 1 N–H and O–H groups in total. The molecular weight excluding hydrogens is 342 g/mol. The van der Waals surface area contributed by atoms with Crippen LogP contribution in [0.5, 0.6) is 0 Å². The number of aryl methyl sites for hydroxylation is 1. The molecule has 4 nitrogen and oxygen atoms in total. The van der Waals surface area contributed by atoms with Crippen molar-refractivity contribution in [3.05, 3.63) is 28.2 Å². The average Bonchev–Trinajstić information content (AvgIpc) is 2.32. The summed E-state index contributed by atoms with van der Waals surface area (Å²) < 4.78 is 32.7. The maximum absolute atomic E-state index is 12.1. The van der Waals surface area contributed by atoms with E-state index in [9.17, 15) is 8.42 Å². The van der Waals surface area contributed by atoms with Crippen LogP contribution >= 0.6 is 15.9 Å². The minimum atomic E-state index is -3.49. The van der Waals surface area contributed by atoms with Crippen LogP contribution in [0.1, 0.15) is 25.8 Å². The van der Waals surface area contributed by atoms with Gasteiger partial charge in [0.05, 0.1) is 11.5 Å². The SMILES string of the molecule is Cc1ccc(S(=O)(=O)NCCOCCC(C)C)c(Br)c1. The zero-order valence-electron chi connectivity index (χ0n) is 12.1. The molecule has 0 saturated carbocycles. The smallest absolute Gasteiger partial charge is 0.241 e. The van der Waals surface area contributed by atoms with Gasteiger partial charge in [0.25, 0.3) is 0 Å². The molecule has 0 saturated heterocycles. The summed E-state index contributed by atoms with van der Waals surface area (Å²) in [6.07, 6.45) is 0.982. The highest BCUT2D eigenvalue weighted by molar-refractivity contribution is 9.10. The molecule has 0 aliphatic heterocycles. The minimum absolute atomic E-state index is 0.255. The Morgan fingerprint density at radius 1 is 1.30 bits per heavy atom. The van der Waals surface area contributed by atoms with Crippen molar-refractivity contribution in [2.24, 2.45) is 5.92 Å². The van der Waals surface area contributed by atoms with Crippen LogP contribution in [0.15, 0.2) is 27.6 Å². The van der Waals surface area contributed by atoms with Crippen molar-refractivity contribution in [3.63, 3.8) is 0 Å². The molecule has 0 aromatic heterocycles. The quantitative estimate of drug-likeness (QED) is 0.722. The second-order valence-corrected chi connectivity index (χ2v) is 7.72. The summed E-state index contributed by atoms with van der Waals surface area (Å²) in [5.41, 5.74) is 1.01. The van der Waals surface area contributed by atoms with Gasteiger partial charge in [-0.15, -0.1) is 0 Å². The number of ether oxygens (including phenoxy) is 1. The molecule has 1 aromatic rings. The zero-order chi connectivity index (χ0) is 15.2. The fourth-order valence-corrected chi connectivity index (χ4v) is 3.77. The monoisotopic (exact) mass is 363 g/mol. The van der Waals surface area contributed by atoms with E-state index in [-0.39, 0.29) is 11.4 Å². The molecule has 1 aromatic carbocycles. The van der Waals surface area contributed by atoms with Crippen molar-refractivity contribution < 1.29 is 13.2 Å². The molecule has 0 aliphatic rings. The van der Waals surface area contributed by atoms with E-state index in [0.717, 1.165) is 12.0 Å². The van der Waals surface area contributed by atoms with E-state index < -0.39 is 10.0 Å². The molecule has 0 heterocycles. The Morgan fingerprint density at radius 2 is 2.00 bits per heavy atom. The van der Waals surface area contributed by atoms with Gasteiger partial charge in [0, 0.05) is 17.6 Å². The lowest BCUT2D eigenvalue weighted by atomic mass is 10.1. The topological polar surface area (TPSA) is 55.4 Å². The van der Waals surface area contributed by atoms with Gasteiger partial charge in [-0.3, -0.25) is 0 Å². The minimum Gasteiger partial charge on any atom is -0.380 e. The third kappa shape index (κ3) is 5.91. The van der Waals surface area contributed by atoms with Crippen molar-refractivity contribution in [1.82, 2.24) is 4.72 Å². The van der Waals surface area contributed by atoms with Gasteiger partial charge in [0.1, 0.15) is 0 Å². The van der Waals surface area contributed by atoms with E-state index in [1.807, 2.05) is 6.92 Å². The van der Waals surface area contributed by atoms with Crippen LogP contribution in [0.3, 0.4) is 0 Å². The third-order valence-electron chi connectivity index (χ3n) is 2.75. The Hall–Kier alpha value is -0.430. The standard InChI is InChI=1S/C14H22BrNO3S/c1-11(2)6-8-19-9-7-16-20(17,18)14-5-4-12(3)10-13(14)15/h4-5,10-11,16H,6-9H2,1-3H3. The van der Waals surface area contributed by atoms with Crippen LogP contribution in [-0.4, -0.2) is 28.2 Å². The van der Waals surface area contributed by atoms with Gasteiger partial charge in [0.15, 0.2) is 0 Å². The Kier molecular flexibility index (Phi) is 7.15. The van der Waals surface area contributed by atoms with Gasteiger partial charge in [-0.25, -0.2) is 13.1 Å². The van der Waals surface area contributed by atoms with Gasteiger partial charge in [0.2, 0.25) is 10.0 Å². The molecule has 20 heavy (non-hydrogen) atoms. The number of hydrogen-bond donors (Lipinski definition) is 1. The van der Waals surface area contributed by atoms with Crippen molar-refractivity contribution in [2.75, 3.05) is 19.8 Å². The Bertz CT molecular complexity index is 529. The summed E-state index contributed by atoms with van der Waals surface area (Å²) in [6.45, 7) is 7.49. The molecule has 0 radical (unpaired) electrons. The van der Waals surface area contributed by atoms with Gasteiger partial charge in [-0.2, -0.15) is 0 Å².